The van der Waals surface area contributed by atoms with Crippen LogP contribution in [0.25, 0.3) is 11.3 Å². The maximum absolute atomic E-state index is 13.1. The zero-order chi connectivity index (χ0) is 19.9. The van der Waals surface area contributed by atoms with Crippen LogP contribution in [0.5, 0.6) is 0 Å². The molecule has 2 aliphatic heterocycles. The number of likely N-dealkylation sites (tertiary alicyclic amines) is 2. The van der Waals surface area contributed by atoms with E-state index in [-0.39, 0.29) is 5.91 Å². The molecule has 0 bridgehead atoms. The van der Waals surface area contributed by atoms with Gasteiger partial charge in [0, 0.05) is 24.7 Å². The van der Waals surface area contributed by atoms with Gasteiger partial charge in [-0.15, -0.1) is 0 Å². The summed E-state index contributed by atoms with van der Waals surface area (Å²) < 4.78 is 43.6. The van der Waals surface area contributed by atoms with E-state index < -0.39 is 11.7 Å². The fraction of sp³-hybridized carbons (Fsp3) is 0.500. The van der Waals surface area contributed by atoms with Crippen LogP contribution in [-0.4, -0.2) is 53.1 Å². The van der Waals surface area contributed by atoms with Crippen molar-refractivity contribution in [2.75, 3.05) is 26.2 Å². The van der Waals surface area contributed by atoms with Crippen LogP contribution >= 0.6 is 0 Å². The molecule has 1 amide bonds. The molecule has 1 aromatic heterocycles. The van der Waals surface area contributed by atoms with Crippen LogP contribution < -0.4 is 0 Å². The molecule has 4 rings (SSSR count). The lowest BCUT2D eigenvalue weighted by Gasteiger charge is -2.23. The van der Waals surface area contributed by atoms with Crippen molar-refractivity contribution in [2.24, 2.45) is 0 Å². The van der Waals surface area contributed by atoms with Crippen molar-refractivity contribution in [3.05, 3.63) is 41.2 Å². The molecule has 0 spiro atoms. The van der Waals surface area contributed by atoms with Crippen molar-refractivity contribution in [1.82, 2.24) is 15.0 Å². The summed E-state index contributed by atoms with van der Waals surface area (Å²) >= 11 is 0. The number of alkyl halides is 3. The van der Waals surface area contributed by atoms with Gasteiger partial charge < -0.3 is 9.42 Å². The Hall–Kier alpha value is -2.35. The standard InChI is InChI=1S/C20H22F3N3O2/c1-13-17(19(27)26-11-8-16(12-26)25-9-2-3-10-25)18(24-28-13)14-4-6-15(7-5-14)20(21,22)23/h4-7,16H,2-3,8-12H2,1H3. The van der Waals surface area contributed by atoms with E-state index in [0.717, 1.165) is 31.6 Å². The van der Waals surface area contributed by atoms with Gasteiger partial charge in [-0.3, -0.25) is 9.69 Å². The Labute approximate surface area is 161 Å². The molecule has 2 saturated heterocycles. The predicted octanol–water partition coefficient (Wildman–Crippen LogP) is 3.98. The maximum Gasteiger partial charge on any atom is 0.416 e. The molecule has 0 N–H and O–H groups in total. The summed E-state index contributed by atoms with van der Waals surface area (Å²) in [6.07, 6.45) is -1.07. The van der Waals surface area contributed by atoms with Crippen molar-refractivity contribution in [3.8, 4) is 11.3 Å². The van der Waals surface area contributed by atoms with Crippen LogP contribution in [0.3, 0.4) is 0 Å². The lowest BCUT2D eigenvalue weighted by atomic mass is 10.0. The van der Waals surface area contributed by atoms with Crippen LogP contribution in [0.4, 0.5) is 13.2 Å². The highest BCUT2D eigenvalue weighted by Crippen LogP contribution is 2.33. The number of hydrogen-bond donors (Lipinski definition) is 0. The number of aryl methyl sites for hydroxylation is 1. The first-order chi connectivity index (χ1) is 13.3. The minimum absolute atomic E-state index is 0.171. The monoisotopic (exact) mass is 393 g/mol. The molecule has 2 aliphatic rings. The minimum Gasteiger partial charge on any atom is -0.360 e. The highest BCUT2D eigenvalue weighted by Gasteiger charge is 2.35. The number of amides is 1. The summed E-state index contributed by atoms with van der Waals surface area (Å²) in [5.74, 6) is 0.208. The average Bonchev–Trinajstić information content (AvgIpc) is 3.40. The van der Waals surface area contributed by atoms with E-state index in [2.05, 4.69) is 10.1 Å². The fourth-order valence-corrected chi connectivity index (χ4v) is 4.13. The summed E-state index contributed by atoms with van der Waals surface area (Å²) in [4.78, 5) is 17.4. The number of halogens is 3. The van der Waals surface area contributed by atoms with E-state index in [1.807, 2.05) is 0 Å². The SMILES string of the molecule is Cc1onc(-c2ccc(C(F)(F)F)cc2)c1C(=O)N1CCC(N2CCCC2)C1. The first-order valence-corrected chi connectivity index (χ1v) is 9.52. The Bertz CT molecular complexity index is 855. The van der Waals surface area contributed by atoms with Gasteiger partial charge in [0.15, 0.2) is 0 Å². The van der Waals surface area contributed by atoms with E-state index in [1.54, 1.807) is 11.8 Å². The Balaban J connectivity index is 1.56. The van der Waals surface area contributed by atoms with E-state index in [0.29, 0.717) is 41.7 Å². The normalized spacial score (nSPS) is 20.9. The van der Waals surface area contributed by atoms with Gasteiger partial charge in [0.05, 0.1) is 5.56 Å². The third-order valence-corrected chi connectivity index (χ3v) is 5.67. The molecule has 28 heavy (non-hydrogen) atoms. The quantitative estimate of drug-likeness (QED) is 0.792. The molecule has 2 aromatic rings. The van der Waals surface area contributed by atoms with E-state index >= 15 is 0 Å². The number of hydrogen-bond acceptors (Lipinski definition) is 4. The lowest BCUT2D eigenvalue weighted by molar-refractivity contribution is -0.137. The molecule has 5 nitrogen and oxygen atoms in total. The Morgan fingerprint density at radius 3 is 2.46 bits per heavy atom. The highest BCUT2D eigenvalue weighted by atomic mass is 19.4. The molecule has 1 atom stereocenters. The van der Waals surface area contributed by atoms with Gasteiger partial charge >= 0.3 is 6.18 Å². The summed E-state index contributed by atoms with van der Waals surface area (Å²) in [6, 6.07) is 5.02. The summed E-state index contributed by atoms with van der Waals surface area (Å²) in [7, 11) is 0. The molecule has 0 saturated carbocycles. The van der Waals surface area contributed by atoms with Gasteiger partial charge in [0.1, 0.15) is 17.0 Å². The molecular weight excluding hydrogens is 371 g/mol. The third-order valence-electron chi connectivity index (χ3n) is 5.67. The van der Waals surface area contributed by atoms with Gasteiger partial charge in [-0.2, -0.15) is 13.2 Å². The van der Waals surface area contributed by atoms with Crippen molar-refractivity contribution >= 4 is 5.91 Å². The van der Waals surface area contributed by atoms with E-state index in [9.17, 15) is 18.0 Å². The average molecular weight is 393 g/mol. The topological polar surface area (TPSA) is 49.6 Å². The predicted molar refractivity (Wildman–Crippen MR) is 96.8 cm³/mol. The van der Waals surface area contributed by atoms with Crippen LogP contribution in [0.2, 0.25) is 0 Å². The number of nitrogens with zero attached hydrogens (tertiary/aromatic N) is 3. The van der Waals surface area contributed by atoms with Crippen LogP contribution in [0.15, 0.2) is 28.8 Å². The zero-order valence-corrected chi connectivity index (χ0v) is 15.6. The molecule has 1 unspecified atom stereocenters. The van der Waals surface area contributed by atoms with Gasteiger partial charge in [0.25, 0.3) is 5.91 Å². The Kier molecular flexibility index (Phi) is 4.91. The van der Waals surface area contributed by atoms with Crippen LogP contribution in [-0.2, 0) is 6.18 Å². The number of rotatable bonds is 3. The minimum atomic E-state index is -4.41. The van der Waals surface area contributed by atoms with Gasteiger partial charge in [-0.05, 0) is 51.4 Å². The maximum atomic E-state index is 13.1. The van der Waals surface area contributed by atoms with Crippen molar-refractivity contribution in [3.63, 3.8) is 0 Å². The smallest absolute Gasteiger partial charge is 0.360 e. The second-order valence-electron chi connectivity index (χ2n) is 7.47. The Morgan fingerprint density at radius 1 is 1.14 bits per heavy atom. The van der Waals surface area contributed by atoms with E-state index in [1.165, 1.54) is 25.0 Å². The fourth-order valence-electron chi connectivity index (χ4n) is 4.13. The van der Waals surface area contributed by atoms with Gasteiger partial charge in [-0.1, -0.05) is 17.3 Å². The van der Waals surface area contributed by atoms with Crippen LogP contribution in [0, 0.1) is 6.92 Å². The first kappa shape index (κ1) is 19.0. The molecule has 0 aliphatic carbocycles. The number of benzene rings is 1. The molecule has 1 aromatic carbocycles. The summed E-state index contributed by atoms with van der Waals surface area (Å²) in [5, 5.41) is 3.95. The van der Waals surface area contributed by atoms with Gasteiger partial charge in [-0.25, -0.2) is 0 Å². The van der Waals surface area contributed by atoms with Gasteiger partial charge in [0.2, 0.25) is 0 Å². The summed E-state index contributed by atoms with van der Waals surface area (Å²) in [5.41, 5.74) is 0.323. The number of carbonyl (C=O) groups excluding carboxylic acids is 1. The number of carbonyl (C=O) groups is 1. The molecule has 3 heterocycles. The largest absolute Gasteiger partial charge is 0.416 e. The van der Waals surface area contributed by atoms with Crippen molar-refractivity contribution in [2.45, 2.75) is 38.4 Å². The molecule has 0 radical (unpaired) electrons. The van der Waals surface area contributed by atoms with Crippen LogP contribution in [0.1, 0.15) is 40.9 Å². The lowest BCUT2D eigenvalue weighted by Crippen LogP contribution is -2.37. The number of aromatic nitrogens is 1. The second-order valence-corrected chi connectivity index (χ2v) is 7.47. The molecule has 2 fully saturated rings. The summed E-state index contributed by atoms with van der Waals surface area (Å²) in [6.45, 7) is 5.14. The molecular formula is C20H22F3N3O2. The molecule has 8 heteroatoms. The third kappa shape index (κ3) is 3.53. The van der Waals surface area contributed by atoms with Crippen molar-refractivity contribution < 1.29 is 22.5 Å². The first-order valence-electron chi connectivity index (χ1n) is 9.52. The highest BCUT2D eigenvalue weighted by molar-refractivity contribution is 6.01. The second kappa shape index (κ2) is 7.24. The zero-order valence-electron chi connectivity index (χ0n) is 15.6. The molecule has 150 valence electrons. The van der Waals surface area contributed by atoms with Crippen molar-refractivity contribution in [1.29, 1.82) is 0 Å². The Morgan fingerprint density at radius 2 is 1.82 bits per heavy atom. The van der Waals surface area contributed by atoms with E-state index in [4.69, 9.17) is 4.52 Å².